The van der Waals surface area contributed by atoms with Crippen molar-refractivity contribution in [2.24, 2.45) is 0 Å². The van der Waals surface area contributed by atoms with Crippen LogP contribution in [-0.2, 0) is 0 Å². The summed E-state index contributed by atoms with van der Waals surface area (Å²) in [6, 6.07) is 15.0. The van der Waals surface area contributed by atoms with Crippen molar-refractivity contribution in [2.45, 2.75) is 0 Å². The number of halogens is 3. The van der Waals surface area contributed by atoms with Crippen molar-refractivity contribution in [2.75, 3.05) is 12.8 Å². The van der Waals surface area contributed by atoms with Gasteiger partial charge in [0.25, 0.3) is 0 Å². The molecule has 0 atom stereocenters. The minimum atomic E-state index is 0.156. The van der Waals surface area contributed by atoms with Crippen molar-refractivity contribution in [1.29, 1.82) is 5.26 Å². The summed E-state index contributed by atoms with van der Waals surface area (Å²) in [5.74, 6) is 0.838. The Morgan fingerprint density at radius 2 is 1.77 bits per heavy atom. The molecule has 0 saturated carbocycles. The maximum Gasteiger partial charge on any atom is 0.147 e. The van der Waals surface area contributed by atoms with E-state index >= 15 is 0 Å². The van der Waals surface area contributed by atoms with E-state index < -0.39 is 0 Å². The number of nitrogens with zero attached hydrogens (tertiary/aromatic N) is 2. The first-order valence-corrected chi connectivity index (χ1v) is 9.41. The maximum absolute atomic E-state index is 9.52. The second-order valence-corrected chi connectivity index (χ2v) is 7.50. The van der Waals surface area contributed by atoms with Gasteiger partial charge in [-0.1, -0.05) is 29.8 Å². The minimum absolute atomic E-state index is 0.156. The second-order valence-electron chi connectivity index (χ2n) is 5.38. The molecule has 3 aromatic rings. The minimum Gasteiger partial charge on any atom is -0.494 e. The van der Waals surface area contributed by atoms with E-state index in [1.807, 2.05) is 36.4 Å². The van der Waals surface area contributed by atoms with Crippen molar-refractivity contribution in [1.82, 2.24) is 4.98 Å². The number of hydrogen-bond acceptors (Lipinski definition) is 4. The van der Waals surface area contributed by atoms with E-state index in [1.165, 1.54) is 0 Å². The second kappa shape index (κ2) is 7.67. The molecule has 0 spiro atoms. The first-order valence-electron chi connectivity index (χ1n) is 7.45. The van der Waals surface area contributed by atoms with Crippen molar-refractivity contribution in [3.8, 4) is 34.2 Å². The molecule has 0 aliphatic heterocycles. The molecule has 7 heteroatoms. The Balaban J connectivity index is 2.26. The van der Waals surface area contributed by atoms with E-state index in [0.29, 0.717) is 27.6 Å². The Morgan fingerprint density at radius 3 is 2.35 bits per heavy atom. The van der Waals surface area contributed by atoms with Crippen LogP contribution in [0.2, 0.25) is 5.02 Å². The smallest absolute Gasteiger partial charge is 0.147 e. The molecule has 0 saturated heterocycles. The lowest BCUT2D eigenvalue weighted by molar-refractivity contribution is 0.409. The number of rotatable bonds is 3. The molecule has 26 heavy (non-hydrogen) atoms. The van der Waals surface area contributed by atoms with Crippen molar-refractivity contribution in [3.63, 3.8) is 0 Å². The summed E-state index contributed by atoms with van der Waals surface area (Å²) in [5.41, 5.74) is 9.18. The summed E-state index contributed by atoms with van der Waals surface area (Å²) in [7, 11) is 1.60. The topological polar surface area (TPSA) is 71.9 Å². The molecule has 0 aliphatic rings. The summed E-state index contributed by atoms with van der Waals surface area (Å²) in [6.07, 6.45) is 0. The summed E-state index contributed by atoms with van der Waals surface area (Å²) in [5, 5.41) is 10.1. The van der Waals surface area contributed by atoms with Gasteiger partial charge in [0.1, 0.15) is 23.2 Å². The molecule has 130 valence electrons. The average Bonchev–Trinajstić information content (AvgIpc) is 2.61. The van der Waals surface area contributed by atoms with Crippen molar-refractivity contribution in [3.05, 3.63) is 62.0 Å². The Kier molecular flexibility index (Phi) is 5.52. The normalized spacial score (nSPS) is 10.4. The predicted molar refractivity (Wildman–Crippen MR) is 111 cm³/mol. The number of aromatic nitrogens is 1. The fraction of sp³-hybridized carbons (Fsp3) is 0.0526. The van der Waals surface area contributed by atoms with E-state index in [0.717, 1.165) is 20.1 Å². The van der Waals surface area contributed by atoms with E-state index in [9.17, 15) is 5.26 Å². The van der Waals surface area contributed by atoms with Crippen LogP contribution in [0.1, 0.15) is 5.56 Å². The van der Waals surface area contributed by atoms with E-state index in [-0.39, 0.29) is 5.82 Å². The van der Waals surface area contributed by atoms with Crippen molar-refractivity contribution >= 4 is 49.3 Å². The molecule has 0 aliphatic carbocycles. The van der Waals surface area contributed by atoms with Gasteiger partial charge in [0.15, 0.2) is 0 Å². The quantitative estimate of drug-likeness (QED) is 0.482. The number of hydrogen-bond donors (Lipinski definition) is 1. The highest BCUT2D eigenvalue weighted by Gasteiger charge is 2.17. The number of methoxy groups -OCH3 is 1. The van der Waals surface area contributed by atoms with Crippen LogP contribution in [0.3, 0.4) is 0 Å². The van der Waals surface area contributed by atoms with Crippen molar-refractivity contribution < 1.29 is 4.74 Å². The van der Waals surface area contributed by atoms with Crippen LogP contribution in [0.25, 0.3) is 22.4 Å². The third kappa shape index (κ3) is 3.43. The number of pyridine rings is 1. The molecule has 4 nitrogen and oxygen atoms in total. The van der Waals surface area contributed by atoms with Gasteiger partial charge in [0, 0.05) is 21.7 Å². The van der Waals surface area contributed by atoms with Crippen LogP contribution in [-0.4, -0.2) is 12.1 Å². The zero-order valence-electron chi connectivity index (χ0n) is 13.6. The fourth-order valence-corrected chi connectivity index (χ4v) is 4.37. The van der Waals surface area contributed by atoms with Crippen LogP contribution in [0.5, 0.6) is 5.75 Å². The Labute approximate surface area is 172 Å². The molecule has 1 heterocycles. The van der Waals surface area contributed by atoms with Gasteiger partial charge >= 0.3 is 0 Å². The third-order valence-electron chi connectivity index (χ3n) is 3.82. The Hall–Kier alpha value is -2.07. The molecule has 0 bridgehead atoms. The third-order valence-corrected chi connectivity index (χ3v) is 5.33. The molecule has 3 rings (SSSR count). The van der Waals surface area contributed by atoms with Gasteiger partial charge < -0.3 is 10.5 Å². The highest BCUT2D eigenvalue weighted by molar-refractivity contribution is 9.11. The Morgan fingerprint density at radius 1 is 1.12 bits per heavy atom. The number of ether oxygens (including phenoxy) is 1. The number of anilines is 1. The van der Waals surface area contributed by atoms with Crippen LogP contribution in [0.15, 0.2) is 51.4 Å². The highest BCUT2D eigenvalue weighted by Crippen LogP contribution is 2.39. The average molecular weight is 494 g/mol. The van der Waals surface area contributed by atoms with E-state index in [1.54, 1.807) is 13.2 Å². The number of benzene rings is 2. The molecule has 1 aromatic heterocycles. The first kappa shape index (κ1) is 18.7. The lowest BCUT2D eigenvalue weighted by Crippen LogP contribution is -2.00. The first-order chi connectivity index (χ1) is 12.5. The van der Waals surface area contributed by atoms with Gasteiger partial charge in [0.05, 0.1) is 21.7 Å². The number of nitriles is 1. The number of nitrogen functional groups attached to an aromatic ring is 1. The molecule has 0 amide bonds. The zero-order valence-corrected chi connectivity index (χ0v) is 17.5. The molecular weight excluding hydrogens is 481 g/mol. The van der Waals surface area contributed by atoms with Gasteiger partial charge in [0.2, 0.25) is 0 Å². The highest BCUT2D eigenvalue weighted by atomic mass is 79.9. The predicted octanol–water partition coefficient (Wildman–Crippen LogP) is 6.06. The summed E-state index contributed by atoms with van der Waals surface area (Å²) in [4.78, 5) is 4.40. The monoisotopic (exact) mass is 491 g/mol. The fourth-order valence-electron chi connectivity index (χ4n) is 2.63. The van der Waals surface area contributed by atoms with Crippen LogP contribution >= 0.6 is 43.5 Å². The SMILES string of the molecule is COc1c(Br)cc(-c2cc(-c3ccccc3Cl)c(C#N)c(N)n2)cc1Br. The van der Waals surface area contributed by atoms with Gasteiger partial charge in [-0.25, -0.2) is 4.98 Å². The molecule has 0 unspecified atom stereocenters. The number of nitrogens with two attached hydrogens (primary N) is 1. The van der Waals surface area contributed by atoms with Gasteiger partial charge in [-0.2, -0.15) is 5.26 Å². The molecule has 0 radical (unpaired) electrons. The molecule has 0 fully saturated rings. The zero-order chi connectivity index (χ0) is 18.8. The van der Waals surface area contributed by atoms with Crippen LogP contribution in [0, 0.1) is 11.3 Å². The summed E-state index contributed by atoms with van der Waals surface area (Å²) >= 11 is 13.3. The molecule has 2 N–H and O–H groups in total. The van der Waals surface area contributed by atoms with E-state index in [4.69, 9.17) is 22.1 Å². The largest absolute Gasteiger partial charge is 0.494 e. The molecule has 2 aromatic carbocycles. The van der Waals surface area contributed by atoms with Crippen LogP contribution < -0.4 is 10.5 Å². The molecular formula is C19H12Br2ClN3O. The lowest BCUT2D eigenvalue weighted by Gasteiger charge is -2.13. The van der Waals surface area contributed by atoms with Crippen LogP contribution in [0.4, 0.5) is 5.82 Å². The lowest BCUT2D eigenvalue weighted by atomic mass is 9.98. The standard InChI is InChI=1S/C19H12Br2ClN3O/c1-26-18-14(20)6-10(7-15(18)21)17-8-12(13(9-23)19(24)25-17)11-4-2-3-5-16(11)22/h2-8H,1H3,(H2,24,25). The van der Waals surface area contributed by atoms with Gasteiger partial charge in [-0.15, -0.1) is 0 Å². The summed E-state index contributed by atoms with van der Waals surface area (Å²) < 4.78 is 6.88. The maximum atomic E-state index is 9.52. The summed E-state index contributed by atoms with van der Waals surface area (Å²) in [6.45, 7) is 0. The van der Waals surface area contributed by atoms with E-state index in [2.05, 4.69) is 42.9 Å². The van der Waals surface area contributed by atoms with Gasteiger partial charge in [-0.3, -0.25) is 0 Å². The van der Waals surface area contributed by atoms with Gasteiger partial charge in [-0.05, 0) is 56.1 Å². The Bertz CT molecular complexity index is 1020.